The first-order chi connectivity index (χ1) is 9.58. The van der Waals surface area contributed by atoms with E-state index in [2.05, 4.69) is 26.0 Å². The molecule has 2 heterocycles. The molecule has 0 saturated heterocycles. The Balaban J connectivity index is 2.17. The highest BCUT2D eigenvalue weighted by atomic mass is 79.9. The number of nitrogens with zero attached hydrogens (tertiary/aromatic N) is 2. The Labute approximate surface area is 122 Å². The Bertz CT molecular complexity index is 853. The van der Waals surface area contributed by atoms with E-state index in [4.69, 9.17) is 0 Å². The number of aromatic amines is 1. The normalized spacial score (nSPS) is 11.2. The molecule has 0 unspecified atom stereocenters. The molecule has 2 aromatic heterocycles. The number of benzene rings is 1. The highest BCUT2D eigenvalue weighted by Crippen LogP contribution is 2.17. The maximum absolute atomic E-state index is 13.7. The smallest absolute Gasteiger partial charge is 0.276 e. The molecule has 0 spiro atoms. The van der Waals surface area contributed by atoms with Crippen LogP contribution in [0.2, 0.25) is 0 Å². The predicted octanol–water partition coefficient (Wildman–Crippen LogP) is 2.82. The Hall–Kier alpha value is -1.95. The summed E-state index contributed by atoms with van der Waals surface area (Å²) in [5, 5.41) is 2.83. The molecule has 1 aromatic carbocycles. The van der Waals surface area contributed by atoms with Crippen LogP contribution in [0, 0.1) is 12.7 Å². The molecule has 0 aliphatic carbocycles. The van der Waals surface area contributed by atoms with E-state index in [0.29, 0.717) is 22.5 Å². The van der Waals surface area contributed by atoms with E-state index in [1.165, 1.54) is 10.6 Å². The lowest BCUT2D eigenvalue weighted by atomic mass is 10.0. The van der Waals surface area contributed by atoms with Crippen molar-refractivity contribution in [1.82, 2.24) is 14.6 Å². The fraction of sp³-hybridized carbons (Fsp3) is 0.143. The Morgan fingerprint density at radius 2 is 2.15 bits per heavy atom. The van der Waals surface area contributed by atoms with Gasteiger partial charge in [0, 0.05) is 23.9 Å². The number of aryl methyl sites for hydroxylation is 1. The lowest BCUT2D eigenvalue weighted by Gasteiger charge is -2.06. The maximum Gasteiger partial charge on any atom is 0.276 e. The van der Waals surface area contributed by atoms with Crippen LogP contribution in [-0.4, -0.2) is 14.6 Å². The summed E-state index contributed by atoms with van der Waals surface area (Å²) in [5.74, 6) is -0.316. The van der Waals surface area contributed by atoms with Gasteiger partial charge in [-0.25, -0.2) is 13.9 Å². The van der Waals surface area contributed by atoms with E-state index in [9.17, 15) is 9.18 Å². The molecular formula is C14H11BrFN3O. The predicted molar refractivity (Wildman–Crippen MR) is 77.5 cm³/mol. The standard InChI is InChI=1S/C14H11BrFN3O/c1-8-10(6-9-4-2-3-5-12(9)16)14(20)19-13(18-8)11(15)7-17-19/h2-5,7,17H,6H2,1H3. The van der Waals surface area contributed by atoms with Crippen LogP contribution in [0.1, 0.15) is 16.8 Å². The van der Waals surface area contributed by atoms with Gasteiger partial charge < -0.3 is 0 Å². The summed E-state index contributed by atoms with van der Waals surface area (Å²) in [6.45, 7) is 1.76. The molecule has 0 atom stereocenters. The van der Waals surface area contributed by atoms with Crippen LogP contribution in [-0.2, 0) is 6.42 Å². The van der Waals surface area contributed by atoms with Crippen LogP contribution in [0.5, 0.6) is 0 Å². The molecule has 1 N–H and O–H groups in total. The average Bonchev–Trinajstić information content (AvgIpc) is 2.78. The van der Waals surface area contributed by atoms with E-state index >= 15 is 0 Å². The molecule has 0 aliphatic heterocycles. The van der Waals surface area contributed by atoms with Crippen LogP contribution >= 0.6 is 15.9 Å². The Kier molecular flexibility index (Phi) is 3.17. The van der Waals surface area contributed by atoms with Crippen molar-refractivity contribution < 1.29 is 4.39 Å². The van der Waals surface area contributed by atoms with Gasteiger partial charge >= 0.3 is 0 Å². The Morgan fingerprint density at radius 3 is 2.90 bits per heavy atom. The summed E-state index contributed by atoms with van der Waals surface area (Å²) in [5.41, 5.74) is 1.91. The molecule has 0 amide bonds. The van der Waals surface area contributed by atoms with Crippen LogP contribution in [0.3, 0.4) is 0 Å². The summed E-state index contributed by atoms with van der Waals surface area (Å²) in [7, 11) is 0. The second-order valence-corrected chi connectivity index (χ2v) is 5.38. The number of H-pyrrole nitrogens is 1. The zero-order valence-corrected chi connectivity index (χ0v) is 12.2. The van der Waals surface area contributed by atoms with Crippen molar-refractivity contribution in [3.05, 3.63) is 67.9 Å². The first kappa shape index (κ1) is 13.1. The number of fused-ring (bicyclic) bond motifs is 1. The van der Waals surface area contributed by atoms with Crippen LogP contribution in [0.25, 0.3) is 5.65 Å². The van der Waals surface area contributed by atoms with Gasteiger partial charge in [0.1, 0.15) is 5.82 Å². The first-order valence-electron chi connectivity index (χ1n) is 6.06. The van der Waals surface area contributed by atoms with Crippen molar-refractivity contribution in [1.29, 1.82) is 0 Å². The third-order valence-electron chi connectivity index (χ3n) is 3.24. The van der Waals surface area contributed by atoms with Gasteiger partial charge in [-0.15, -0.1) is 0 Å². The van der Waals surface area contributed by atoms with E-state index in [-0.39, 0.29) is 17.8 Å². The third kappa shape index (κ3) is 2.06. The minimum absolute atomic E-state index is 0.207. The van der Waals surface area contributed by atoms with Gasteiger partial charge in [0.15, 0.2) is 5.65 Å². The summed E-state index contributed by atoms with van der Waals surface area (Å²) in [6.07, 6.45) is 1.87. The summed E-state index contributed by atoms with van der Waals surface area (Å²) in [6, 6.07) is 6.44. The van der Waals surface area contributed by atoms with E-state index in [1.807, 2.05) is 0 Å². The Morgan fingerprint density at radius 1 is 1.40 bits per heavy atom. The molecule has 0 radical (unpaired) electrons. The zero-order chi connectivity index (χ0) is 14.3. The molecular weight excluding hydrogens is 325 g/mol. The number of nitrogens with one attached hydrogen (secondary N) is 1. The zero-order valence-electron chi connectivity index (χ0n) is 10.7. The average molecular weight is 336 g/mol. The molecule has 3 rings (SSSR count). The van der Waals surface area contributed by atoms with Gasteiger partial charge in [0.05, 0.1) is 4.47 Å². The van der Waals surface area contributed by atoms with Crippen molar-refractivity contribution >= 4 is 21.6 Å². The molecule has 0 bridgehead atoms. The van der Waals surface area contributed by atoms with E-state index < -0.39 is 0 Å². The van der Waals surface area contributed by atoms with Crippen LogP contribution in [0.4, 0.5) is 4.39 Å². The van der Waals surface area contributed by atoms with Gasteiger partial charge in [-0.1, -0.05) is 18.2 Å². The van der Waals surface area contributed by atoms with Crippen LogP contribution < -0.4 is 5.56 Å². The summed E-state index contributed by atoms with van der Waals surface area (Å²) >= 11 is 3.32. The highest BCUT2D eigenvalue weighted by molar-refractivity contribution is 9.10. The van der Waals surface area contributed by atoms with Crippen molar-refractivity contribution in [2.24, 2.45) is 0 Å². The van der Waals surface area contributed by atoms with Crippen molar-refractivity contribution in [3.63, 3.8) is 0 Å². The molecule has 6 heteroatoms. The molecule has 102 valence electrons. The first-order valence-corrected chi connectivity index (χ1v) is 6.85. The van der Waals surface area contributed by atoms with E-state index in [1.54, 1.807) is 31.3 Å². The second kappa shape index (κ2) is 4.86. The number of rotatable bonds is 2. The van der Waals surface area contributed by atoms with Crippen LogP contribution in [0.15, 0.2) is 39.7 Å². The maximum atomic E-state index is 13.7. The largest absolute Gasteiger partial charge is 0.296 e. The van der Waals surface area contributed by atoms with Crippen molar-refractivity contribution in [3.8, 4) is 0 Å². The summed E-state index contributed by atoms with van der Waals surface area (Å²) in [4.78, 5) is 16.8. The highest BCUT2D eigenvalue weighted by Gasteiger charge is 2.14. The minimum atomic E-state index is -0.316. The van der Waals surface area contributed by atoms with Gasteiger partial charge in [0.25, 0.3) is 5.56 Å². The SMILES string of the molecule is Cc1nc2c(Br)c[nH]n2c(=O)c1Cc1ccccc1F. The van der Waals surface area contributed by atoms with Gasteiger partial charge in [-0.05, 0) is 34.5 Å². The topological polar surface area (TPSA) is 50.2 Å². The molecule has 20 heavy (non-hydrogen) atoms. The number of hydrogen-bond donors (Lipinski definition) is 1. The fourth-order valence-corrected chi connectivity index (χ4v) is 2.53. The molecule has 0 fully saturated rings. The quantitative estimate of drug-likeness (QED) is 0.782. The second-order valence-electron chi connectivity index (χ2n) is 4.53. The third-order valence-corrected chi connectivity index (χ3v) is 3.83. The number of halogens is 2. The molecule has 4 nitrogen and oxygen atoms in total. The fourth-order valence-electron chi connectivity index (χ4n) is 2.16. The molecule has 0 saturated carbocycles. The summed E-state index contributed by atoms with van der Waals surface area (Å²) < 4.78 is 15.8. The minimum Gasteiger partial charge on any atom is -0.296 e. The number of hydrogen-bond acceptors (Lipinski definition) is 2. The monoisotopic (exact) mass is 335 g/mol. The molecule has 3 aromatic rings. The van der Waals surface area contributed by atoms with Gasteiger partial charge in [0.2, 0.25) is 0 Å². The molecule has 0 aliphatic rings. The lowest BCUT2D eigenvalue weighted by molar-refractivity contribution is 0.613. The van der Waals surface area contributed by atoms with Gasteiger partial charge in [-0.3, -0.25) is 9.89 Å². The van der Waals surface area contributed by atoms with Crippen molar-refractivity contribution in [2.45, 2.75) is 13.3 Å². The van der Waals surface area contributed by atoms with Crippen molar-refractivity contribution in [2.75, 3.05) is 0 Å². The number of aromatic nitrogens is 3. The van der Waals surface area contributed by atoms with E-state index in [0.717, 1.165) is 4.47 Å². The van der Waals surface area contributed by atoms with Gasteiger partial charge in [-0.2, -0.15) is 0 Å². The lowest BCUT2D eigenvalue weighted by Crippen LogP contribution is -2.22.